The molecule has 0 spiro atoms. The Morgan fingerprint density at radius 2 is 1.93 bits per heavy atom. The highest BCUT2D eigenvalue weighted by molar-refractivity contribution is 7.17. The number of nitrogens with zero attached hydrogens (tertiary/aromatic N) is 2. The number of para-hydroxylation sites is 1. The summed E-state index contributed by atoms with van der Waals surface area (Å²) in [6, 6.07) is 12.0. The van der Waals surface area contributed by atoms with Gasteiger partial charge < -0.3 is 5.32 Å². The highest BCUT2D eigenvalue weighted by Crippen LogP contribution is 2.31. The maximum Gasteiger partial charge on any atom is 0.263 e. The Kier molecular flexibility index (Phi) is 5.17. The van der Waals surface area contributed by atoms with Crippen molar-refractivity contribution in [3.05, 3.63) is 81.4 Å². The Balaban J connectivity index is 1.72. The number of amides is 1. The number of nitrogens with one attached hydrogen (secondary N) is 1. The first-order valence-corrected chi connectivity index (χ1v) is 10.0. The minimum absolute atomic E-state index is 0.336. The number of carbonyl (C=O) groups is 1. The van der Waals surface area contributed by atoms with Gasteiger partial charge >= 0.3 is 0 Å². The highest BCUT2D eigenvalue weighted by Gasteiger charge is 2.21. The Hall–Kier alpha value is -3.03. The lowest BCUT2D eigenvalue weighted by Gasteiger charge is -2.15. The van der Waals surface area contributed by atoms with Crippen LogP contribution in [0.25, 0.3) is 21.3 Å². The number of thiophene rings is 1. The molecule has 2 aromatic carbocycles. The zero-order valence-corrected chi connectivity index (χ0v) is 16.8. The fourth-order valence-corrected chi connectivity index (χ4v) is 4.08. The molecule has 0 radical (unpaired) electrons. The molecule has 0 aliphatic carbocycles. The third-order valence-electron chi connectivity index (χ3n) is 4.60. The predicted molar refractivity (Wildman–Crippen MR) is 114 cm³/mol. The maximum atomic E-state index is 13.3. The molecule has 2 aromatic heterocycles. The molecule has 29 heavy (non-hydrogen) atoms. The summed E-state index contributed by atoms with van der Waals surface area (Å²) in [5.41, 5.74) is 1.51. The van der Waals surface area contributed by atoms with E-state index in [9.17, 15) is 14.0 Å². The third kappa shape index (κ3) is 3.66. The molecule has 0 aliphatic rings. The zero-order valence-electron chi connectivity index (χ0n) is 15.2. The molecule has 1 atom stereocenters. The number of hydrogen-bond donors (Lipinski definition) is 1. The first-order valence-electron chi connectivity index (χ1n) is 8.75. The number of anilines is 1. The van der Waals surface area contributed by atoms with Gasteiger partial charge in [0.15, 0.2) is 0 Å². The van der Waals surface area contributed by atoms with E-state index in [1.807, 2.05) is 5.38 Å². The van der Waals surface area contributed by atoms with Crippen LogP contribution in [-0.4, -0.2) is 15.5 Å². The predicted octanol–water partition coefficient (Wildman–Crippen LogP) is 5.12. The SMILES string of the molecule is C[C@H](C(=O)Nc1ccccc1Cl)n1cnc2scc(-c3ccc(F)cc3)c2c1=O. The second-order valence-electron chi connectivity index (χ2n) is 6.44. The third-order valence-corrected chi connectivity index (χ3v) is 5.82. The van der Waals surface area contributed by atoms with Gasteiger partial charge in [0.25, 0.3) is 5.56 Å². The van der Waals surface area contributed by atoms with E-state index < -0.39 is 6.04 Å². The number of rotatable bonds is 4. The standard InChI is InChI=1S/C21H15ClFN3O2S/c1-12(19(27)25-17-5-3-2-4-16(17)22)26-11-24-20-18(21(26)28)15(10-29-20)13-6-8-14(23)9-7-13/h2-12H,1H3,(H,25,27)/t12-/m1/s1. The molecular weight excluding hydrogens is 413 g/mol. The monoisotopic (exact) mass is 427 g/mol. The Bertz CT molecular complexity index is 1270. The summed E-state index contributed by atoms with van der Waals surface area (Å²) < 4.78 is 14.5. The number of benzene rings is 2. The van der Waals surface area contributed by atoms with Crippen molar-refractivity contribution in [1.82, 2.24) is 9.55 Å². The van der Waals surface area contributed by atoms with E-state index in [0.29, 0.717) is 32.1 Å². The lowest BCUT2D eigenvalue weighted by atomic mass is 10.1. The van der Waals surface area contributed by atoms with Crippen LogP contribution in [-0.2, 0) is 4.79 Å². The summed E-state index contributed by atoms with van der Waals surface area (Å²) >= 11 is 7.42. The van der Waals surface area contributed by atoms with Gasteiger partial charge in [-0.25, -0.2) is 9.37 Å². The van der Waals surface area contributed by atoms with Gasteiger partial charge in [0, 0.05) is 10.9 Å². The smallest absolute Gasteiger partial charge is 0.263 e. The van der Waals surface area contributed by atoms with Crippen molar-refractivity contribution < 1.29 is 9.18 Å². The highest BCUT2D eigenvalue weighted by atomic mass is 35.5. The summed E-state index contributed by atoms with van der Waals surface area (Å²) in [5.74, 6) is -0.742. The van der Waals surface area contributed by atoms with Crippen molar-refractivity contribution in [2.75, 3.05) is 5.32 Å². The Morgan fingerprint density at radius 1 is 1.21 bits per heavy atom. The topological polar surface area (TPSA) is 64.0 Å². The summed E-state index contributed by atoms with van der Waals surface area (Å²) in [5, 5.41) is 5.36. The molecule has 0 fully saturated rings. The second-order valence-corrected chi connectivity index (χ2v) is 7.70. The second kappa shape index (κ2) is 7.77. The van der Waals surface area contributed by atoms with Crippen LogP contribution in [0.2, 0.25) is 5.02 Å². The fraction of sp³-hybridized carbons (Fsp3) is 0.0952. The molecule has 8 heteroatoms. The van der Waals surface area contributed by atoms with Gasteiger partial charge in [0.1, 0.15) is 16.7 Å². The molecule has 2 heterocycles. The molecule has 0 saturated carbocycles. The van der Waals surface area contributed by atoms with Crippen LogP contribution in [0.1, 0.15) is 13.0 Å². The van der Waals surface area contributed by atoms with Crippen LogP contribution in [0.3, 0.4) is 0 Å². The minimum Gasteiger partial charge on any atom is -0.323 e. The maximum absolute atomic E-state index is 13.3. The van der Waals surface area contributed by atoms with E-state index in [4.69, 9.17) is 11.6 Å². The number of hydrogen-bond acceptors (Lipinski definition) is 4. The molecule has 1 N–H and O–H groups in total. The van der Waals surface area contributed by atoms with E-state index in [0.717, 1.165) is 0 Å². The van der Waals surface area contributed by atoms with Gasteiger partial charge in [-0.2, -0.15) is 0 Å². The van der Waals surface area contributed by atoms with Gasteiger partial charge in [-0.05, 0) is 36.8 Å². The molecule has 0 saturated heterocycles. The van der Waals surface area contributed by atoms with Gasteiger partial charge in [-0.15, -0.1) is 11.3 Å². The van der Waals surface area contributed by atoms with E-state index in [1.54, 1.807) is 43.3 Å². The van der Waals surface area contributed by atoms with Crippen LogP contribution in [0.15, 0.2) is 65.0 Å². The van der Waals surface area contributed by atoms with Crippen molar-refractivity contribution in [3.8, 4) is 11.1 Å². The Morgan fingerprint density at radius 3 is 2.66 bits per heavy atom. The lowest BCUT2D eigenvalue weighted by molar-refractivity contribution is -0.118. The van der Waals surface area contributed by atoms with E-state index in [1.165, 1.54) is 34.4 Å². The quantitative estimate of drug-likeness (QED) is 0.491. The van der Waals surface area contributed by atoms with Gasteiger partial charge in [-0.1, -0.05) is 35.9 Å². The van der Waals surface area contributed by atoms with Crippen LogP contribution in [0.4, 0.5) is 10.1 Å². The number of fused-ring (bicyclic) bond motifs is 1. The molecule has 0 aliphatic heterocycles. The van der Waals surface area contributed by atoms with E-state index in [-0.39, 0.29) is 17.3 Å². The molecule has 146 valence electrons. The summed E-state index contributed by atoms with van der Waals surface area (Å²) in [6.07, 6.45) is 1.37. The first kappa shape index (κ1) is 19.3. The first-order chi connectivity index (χ1) is 14.0. The van der Waals surface area contributed by atoms with E-state index in [2.05, 4.69) is 10.3 Å². The van der Waals surface area contributed by atoms with Crippen molar-refractivity contribution in [2.45, 2.75) is 13.0 Å². The van der Waals surface area contributed by atoms with Crippen LogP contribution < -0.4 is 10.9 Å². The molecule has 4 aromatic rings. The molecule has 1 amide bonds. The molecule has 0 bridgehead atoms. The molecule has 5 nitrogen and oxygen atoms in total. The average Bonchev–Trinajstić information content (AvgIpc) is 3.15. The van der Waals surface area contributed by atoms with Crippen LogP contribution in [0, 0.1) is 5.82 Å². The summed E-state index contributed by atoms with van der Waals surface area (Å²) in [7, 11) is 0. The van der Waals surface area contributed by atoms with Crippen molar-refractivity contribution in [2.24, 2.45) is 0 Å². The number of carbonyl (C=O) groups excluding carboxylic acids is 1. The minimum atomic E-state index is -0.809. The van der Waals surface area contributed by atoms with Gasteiger partial charge in [0.05, 0.1) is 22.4 Å². The van der Waals surface area contributed by atoms with Gasteiger partial charge in [0.2, 0.25) is 5.91 Å². The zero-order chi connectivity index (χ0) is 20.5. The van der Waals surface area contributed by atoms with Crippen LogP contribution >= 0.6 is 22.9 Å². The lowest BCUT2D eigenvalue weighted by Crippen LogP contribution is -2.31. The van der Waals surface area contributed by atoms with Crippen molar-refractivity contribution in [1.29, 1.82) is 0 Å². The van der Waals surface area contributed by atoms with E-state index >= 15 is 0 Å². The molecule has 4 rings (SSSR count). The molecule has 0 unspecified atom stereocenters. The molecular formula is C21H15ClFN3O2S. The summed E-state index contributed by atoms with van der Waals surface area (Å²) in [6.45, 7) is 1.62. The number of halogens is 2. The largest absolute Gasteiger partial charge is 0.323 e. The number of aromatic nitrogens is 2. The van der Waals surface area contributed by atoms with Crippen molar-refractivity contribution >= 4 is 44.7 Å². The summed E-state index contributed by atoms with van der Waals surface area (Å²) in [4.78, 5) is 30.7. The average molecular weight is 428 g/mol. The van der Waals surface area contributed by atoms with Crippen molar-refractivity contribution in [3.63, 3.8) is 0 Å². The fourth-order valence-electron chi connectivity index (χ4n) is 2.99. The van der Waals surface area contributed by atoms with Gasteiger partial charge in [-0.3, -0.25) is 14.2 Å². The normalized spacial score (nSPS) is 12.1. The Labute approximate surface area is 174 Å². The van der Waals surface area contributed by atoms with Crippen LogP contribution in [0.5, 0.6) is 0 Å².